The topological polar surface area (TPSA) is 32.3 Å². The Morgan fingerprint density at radius 2 is 1.85 bits per heavy atom. The van der Waals surface area contributed by atoms with Crippen LogP contribution in [0.4, 0.5) is 0 Å². The predicted octanol–water partition coefficient (Wildman–Crippen LogP) is 6.21. The lowest BCUT2D eigenvalue weighted by Gasteiger charge is -2.47. The summed E-state index contributed by atoms with van der Waals surface area (Å²) in [5.41, 5.74) is 4.29. The van der Waals surface area contributed by atoms with Crippen molar-refractivity contribution in [1.29, 1.82) is 0 Å². The summed E-state index contributed by atoms with van der Waals surface area (Å²) in [4.78, 5) is 16.8. The first-order valence-corrected chi connectivity index (χ1v) is 14.3. The van der Waals surface area contributed by atoms with Crippen molar-refractivity contribution >= 4 is 21.8 Å². The molecular formula is C30H37BrN2O. The van der Waals surface area contributed by atoms with Crippen molar-refractivity contribution in [2.75, 3.05) is 19.6 Å². The van der Waals surface area contributed by atoms with Crippen LogP contribution in [0.5, 0.6) is 0 Å². The van der Waals surface area contributed by atoms with Gasteiger partial charge in [0.05, 0.1) is 5.92 Å². The number of amides is 1. The maximum atomic E-state index is 14.4. The standard InChI is InChI=1S/C30H37BrN2O/c31-25-11-12-26-24(17-25)13-15-30(26)20-32-19-27(30)29(34)33-16-14-23(21-7-3-1-4-8-21)18-28(33)22-9-5-2-6-10-22/h1,3-4,7-8,11-12,17,22-23,27-28,32H,2,5-6,9-10,13-16,18-20H2. The Morgan fingerprint density at radius 3 is 2.68 bits per heavy atom. The summed E-state index contributed by atoms with van der Waals surface area (Å²) < 4.78 is 1.15. The van der Waals surface area contributed by atoms with Crippen molar-refractivity contribution in [1.82, 2.24) is 10.2 Å². The van der Waals surface area contributed by atoms with Crippen LogP contribution in [0.15, 0.2) is 53.0 Å². The third-order valence-electron chi connectivity index (χ3n) is 9.59. The van der Waals surface area contributed by atoms with Gasteiger partial charge in [-0.1, -0.05) is 71.6 Å². The monoisotopic (exact) mass is 520 g/mol. The van der Waals surface area contributed by atoms with Crippen molar-refractivity contribution < 1.29 is 4.79 Å². The number of likely N-dealkylation sites (tertiary alicyclic amines) is 1. The molecule has 1 spiro atoms. The lowest BCUT2D eigenvalue weighted by Crippen LogP contribution is -2.54. The number of hydrogen-bond acceptors (Lipinski definition) is 2. The van der Waals surface area contributed by atoms with Gasteiger partial charge in [0.15, 0.2) is 0 Å². The largest absolute Gasteiger partial charge is 0.339 e. The number of aryl methyl sites for hydroxylation is 1. The minimum atomic E-state index is -0.0273. The maximum absolute atomic E-state index is 14.4. The third kappa shape index (κ3) is 3.95. The molecule has 1 amide bonds. The first-order valence-electron chi connectivity index (χ1n) is 13.5. The lowest BCUT2D eigenvalue weighted by atomic mass is 9.71. The minimum absolute atomic E-state index is 0.0273. The van der Waals surface area contributed by atoms with Gasteiger partial charge in [-0.25, -0.2) is 0 Å². The molecule has 2 heterocycles. The second-order valence-electron chi connectivity index (χ2n) is 11.3. The SMILES string of the molecule is O=C(C1CNCC12CCc1cc(Br)ccc12)N1CCC(c2ccccc2)CC1C1CCCCC1. The molecule has 180 valence electrons. The molecule has 6 rings (SSSR count). The van der Waals surface area contributed by atoms with Gasteiger partial charge >= 0.3 is 0 Å². The summed E-state index contributed by atoms with van der Waals surface area (Å²) in [5.74, 6) is 1.75. The zero-order valence-electron chi connectivity index (χ0n) is 20.1. The highest BCUT2D eigenvalue weighted by Crippen LogP contribution is 2.49. The normalized spacial score (nSPS) is 31.7. The van der Waals surface area contributed by atoms with Gasteiger partial charge in [0.25, 0.3) is 0 Å². The molecule has 0 radical (unpaired) electrons. The van der Waals surface area contributed by atoms with Crippen molar-refractivity contribution in [2.24, 2.45) is 11.8 Å². The average molecular weight is 522 g/mol. The lowest BCUT2D eigenvalue weighted by molar-refractivity contribution is -0.142. The summed E-state index contributed by atoms with van der Waals surface area (Å²) in [6.07, 6.45) is 11.0. The molecule has 0 bridgehead atoms. The number of fused-ring (bicyclic) bond motifs is 2. The molecule has 2 aliphatic heterocycles. The van der Waals surface area contributed by atoms with E-state index in [1.165, 1.54) is 48.8 Å². The van der Waals surface area contributed by atoms with Gasteiger partial charge in [0.1, 0.15) is 0 Å². The number of benzene rings is 2. The van der Waals surface area contributed by atoms with Crippen LogP contribution in [-0.4, -0.2) is 36.5 Å². The highest BCUT2D eigenvalue weighted by atomic mass is 79.9. The molecular weight excluding hydrogens is 484 g/mol. The maximum Gasteiger partial charge on any atom is 0.228 e. The molecule has 34 heavy (non-hydrogen) atoms. The molecule has 2 saturated heterocycles. The van der Waals surface area contributed by atoms with Gasteiger partial charge in [0, 0.05) is 35.6 Å². The minimum Gasteiger partial charge on any atom is -0.339 e. The van der Waals surface area contributed by atoms with E-state index in [1.807, 2.05) is 0 Å². The Labute approximate surface area is 212 Å². The zero-order chi connectivity index (χ0) is 23.1. The molecule has 2 aromatic carbocycles. The smallest absolute Gasteiger partial charge is 0.228 e. The van der Waals surface area contributed by atoms with E-state index >= 15 is 0 Å². The summed E-state index contributed by atoms with van der Waals surface area (Å²) >= 11 is 3.65. The van der Waals surface area contributed by atoms with E-state index in [9.17, 15) is 4.79 Å². The number of halogens is 1. The van der Waals surface area contributed by atoms with E-state index in [1.54, 1.807) is 0 Å². The number of piperidine rings is 1. The summed E-state index contributed by atoms with van der Waals surface area (Å²) in [7, 11) is 0. The number of nitrogens with one attached hydrogen (secondary N) is 1. The first-order chi connectivity index (χ1) is 16.7. The number of nitrogens with zero attached hydrogens (tertiary/aromatic N) is 1. The Morgan fingerprint density at radius 1 is 1.03 bits per heavy atom. The van der Waals surface area contributed by atoms with E-state index in [0.717, 1.165) is 49.8 Å². The second-order valence-corrected chi connectivity index (χ2v) is 12.2. The van der Waals surface area contributed by atoms with Gasteiger partial charge in [-0.3, -0.25) is 4.79 Å². The Balaban J connectivity index is 1.29. The molecule has 3 fully saturated rings. The summed E-state index contributed by atoms with van der Waals surface area (Å²) in [5, 5.41) is 3.65. The van der Waals surface area contributed by atoms with Gasteiger partial charge in [-0.2, -0.15) is 0 Å². The van der Waals surface area contributed by atoms with E-state index in [0.29, 0.717) is 23.8 Å². The fourth-order valence-corrected chi connectivity index (χ4v) is 8.25. The van der Waals surface area contributed by atoms with Crippen LogP contribution in [0, 0.1) is 11.8 Å². The molecule has 1 saturated carbocycles. The molecule has 4 aliphatic rings. The van der Waals surface area contributed by atoms with Crippen LogP contribution in [0.2, 0.25) is 0 Å². The fraction of sp³-hybridized carbons (Fsp3) is 0.567. The second kappa shape index (κ2) is 9.43. The average Bonchev–Trinajstić information content (AvgIpc) is 3.48. The van der Waals surface area contributed by atoms with Crippen LogP contribution in [0.1, 0.15) is 74.0 Å². The Kier molecular flexibility index (Phi) is 6.32. The van der Waals surface area contributed by atoms with Crippen LogP contribution >= 0.6 is 15.9 Å². The molecule has 3 nitrogen and oxygen atoms in total. The molecule has 4 atom stereocenters. The molecule has 2 aliphatic carbocycles. The Bertz CT molecular complexity index is 1030. The Hall–Kier alpha value is -1.65. The molecule has 1 N–H and O–H groups in total. The van der Waals surface area contributed by atoms with E-state index in [2.05, 4.69) is 74.7 Å². The number of carbonyl (C=O) groups is 1. The number of rotatable bonds is 3. The highest BCUT2D eigenvalue weighted by molar-refractivity contribution is 9.10. The van der Waals surface area contributed by atoms with Crippen LogP contribution in [-0.2, 0) is 16.6 Å². The fourth-order valence-electron chi connectivity index (χ4n) is 7.84. The van der Waals surface area contributed by atoms with Gasteiger partial charge in [-0.15, -0.1) is 0 Å². The number of carbonyl (C=O) groups excluding carboxylic acids is 1. The number of hydrogen-bond donors (Lipinski definition) is 1. The van der Waals surface area contributed by atoms with Gasteiger partial charge in [0.2, 0.25) is 5.91 Å². The zero-order valence-corrected chi connectivity index (χ0v) is 21.7. The van der Waals surface area contributed by atoms with Crippen molar-refractivity contribution in [3.8, 4) is 0 Å². The van der Waals surface area contributed by atoms with Crippen LogP contribution < -0.4 is 5.32 Å². The van der Waals surface area contributed by atoms with E-state index < -0.39 is 0 Å². The van der Waals surface area contributed by atoms with Crippen molar-refractivity contribution in [3.05, 3.63) is 69.7 Å². The molecule has 4 unspecified atom stereocenters. The van der Waals surface area contributed by atoms with Crippen LogP contribution in [0.3, 0.4) is 0 Å². The van der Waals surface area contributed by atoms with Crippen LogP contribution in [0.25, 0.3) is 0 Å². The predicted molar refractivity (Wildman–Crippen MR) is 141 cm³/mol. The van der Waals surface area contributed by atoms with E-state index in [4.69, 9.17) is 0 Å². The first kappa shape index (κ1) is 22.8. The van der Waals surface area contributed by atoms with E-state index in [-0.39, 0.29) is 11.3 Å². The van der Waals surface area contributed by atoms with Gasteiger partial charge in [-0.05, 0) is 79.2 Å². The third-order valence-corrected chi connectivity index (χ3v) is 10.1. The molecule has 2 aromatic rings. The van der Waals surface area contributed by atoms with Gasteiger partial charge < -0.3 is 10.2 Å². The highest BCUT2D eigenvalue weighted by Gasteiger charge is 2.53. The summed E-state index contributed by atoms with van der Waals surface area (Å²) in [6.45, 7) is 2.68. The molecule has 4 heteroatoms. The molecule has 0 aromatic heterocycles. The quantitative estimate of drug-likeness (QED) is 0.521. The summed E-state index contributed by atoms with van der Waals surface area (Å²) in [6, 6.07) is 18.2. The van der Waals surface area contributed by atoms with Crippen molar-refractivity contribution in [3.63, 3.8) is 0 Å². The van der Waals surface area contributed by atoms with Crippen molar-refractivity contribution in [2.45, 2.75) is 75.2 Å².